The first-order valence-corrected chi connectivity index (χ1v) is 9.86. The van der Waals surface area contributed by atoms with Gasteiger partial charge in [-0.3, -0.25) is 14.6 Å². The minimum Gasteiger partial charge on any atom is -0.493 e. The van der Waals surface area contributed by atoms with E-state index in [0.29, 0.717) is 23.7 Å². The molecule has 0 radical (unpaired) electrons. The van der Waals surface area contributed by atoms with Crippen molar-refractivity contribution >= 4 is 17.7 Å². The summed E-state index contributed by atoms with van der Waals surface area (Å²) in [6, 6.07) is 15.7. The summed E-state index contributed by atoms with van der Waals surface area (Å²) in [5.41, 5.74) is 1.93. The lowest BCUT2D eigenvalue weighted by Gasteiger charge is -2.33. The minimum atomic E-state index is -0.0188. The van der Waals surface area contributed by atoms with E-state index in [1.54, 1.807) is 26.4 Å². The van der Waals surface area contributed by atoms with Gasteiger partial charge in [0.1, 0.15) is 0 Å². The van der Waals surface area contributed by atoms with Crippen LogP contribution in [-0.2, 0) is 4.79 Å². The molecule has 1 aliphatic rings. The SMILES string of the molecule is COc1ccc(NC(=O)CN2CCN(C/C=C/c3ccccc3)CC2)cc1OC. The molecule has 0 aliphatic carbocycles. The zero-order chi connectivity index (χ0) is 20.5. The Hall–Kier alpha value is -2.83. The molecule has 0 aromatic heterocycles. The van der Waals surface area contributed by atoms with E-state index in [9.17, 15) is 4.79 Å². The largest absolute Gasteiger partial charge is 0.493 e. The number of piperazine rings is 1. The fourth-order valence-corrected chi connectivity index (χ4v) is 3.35. The number of hydrogen-bond donors (Lipinski definition) is 1. The van der Waals surface area contributed by atoms with Crippen LogP contribution in [0.3, 0.4) is 0 Å². The van der Waals surface area contributed by atoms with Gasteiger partial charge in [0.15, 0.2) is 11.5 Å². The second kappa shape index (κ2) is 10.6. The molecule has 2 aromatic carbocycles. The average molecular weight is 396 g/mol. The van der Waals surface area contributed by atoms with E-state index in [0.717, 1.165) is 32.7 Å². The van der Waals surface area contributed by atoms with Crippen molar-refractivity contribution in [2.45, 2.75) is 0 Å². The van der Waals surface area contributed by atoms with Gasteiger partial charge < -0.3 is 14.8 Å². The molecule has 6 nitrogen and oxygen atoms in total. The highest BCUT2D eigenvalue weighted by Gasteiger charge is 2.18. The van der Waals surface area contributed by atoms with Gasteiger partial charge >= 0.3 is 0 Å². The van der Waals surface area contributed by atoms with Gasteiger partial charge in [0.05, 0.1) is 20.8 Å². The molecule has 0 bridgehead atoms. The molecule has 2 aromatic rings. The number of rotatable bonds is 8. The fourth-order valence-electron chi connectivity index (χ4n) is 3.35. The van der Waals surface area contributed by atoms with E-state index in [4.69, 9.17) is 9.47 Å². The quantitative estimate of drug-likeness (QED) is 0.745. The number of amides is 1. The molecule has 1 heterocycles. The lowest BCUT2D eigenvalue weighted by molar-refractivity contribution is -0.117. The number of nitrogens with one attached hydrogen (secondary N) is 1. The van der Waals surface area contributed by atoms with E-state index < -0.39 is 0 Å². The molecule has 3 rings (SSSR count). The number of carbonyl (C=O) groups excluding carboxylic acids is 1. The van der Waals surface area contributed by atoms with Gasteiger partial charge in [0.2, 0.25) is 5.91 Å². The molecule has 1 N–H and O–H groups in total. The van der Waals surface area contributed by atoms with Crippen LogP contribution in [0.4, 0.5) is 5.69 Å². The maximum absolute atomic E-state index is 12.4. The number of carbonyl (C=O) groups is 1. The summed E-state index contributed by atoms with van der Waals surface area (Å²) < 4.78 is 10.5. The van der Waals surface area contributed by atoms with Crippen LogP contribution in [0, 0.1) is 0 Å². The van der Waals surface area contributed by atoms with E-state index in [2.05, 4.69) is 39.4 Å². The van der Waals surface area contributed by atoms with Gasteiger partial charge in [-0.25, -0.2) is 0 Å². The average Bonchev–Trinajstić information content (AvgIpc) is 2.75. The Balaban J connectivity index is 1.41. The predicted molar refractivity (Wildman–Crippen MR) is 117 cm³/mol. The monoisotopic (exact) mass is 395 g/mol. The molecule has 0 saturated carbocycles. The van der Waals surface area contributed by atoms with Gasteiger partial charge in [0.25, 0.3) is 0 Å². The Bertz CT molecular complexity index is 815. The van der Waals surface area contributed by atoms with Crippen molar-refractivity contribution in [2.24, 2.45) is 0 Å². The van der Waals surface area contributed by atoms with E-state index >= 15 is 0 Å². The van der Waals surface area contributed by atoms with Crippen LogP contribution in [0.25, 0.3) is 6.08 Å². The van der Waals surface area contributed by atoms with Crippen LogP contribution >= 0.6 is 0 Å². The van der Waals surface area contributed by atoms with Gasteiger partial charge in [-0.2, -0.15) is 0 Å². The summed E-state index contributed by atoms with van der Waals surface area (Å²) in [5, 5.41) is 2.94. The van der Waals surface area contributed by atoms with Gasteiger partial charge in [-0.15, -0.1) is 0 Å². The topological polar surface area (TPSA) is 54.0 Å². The van der Waals surface area contributed by atoms with Crippen LogP contribution in [0.15, 0.2) is 54.6 Å². The Kier molecular flexibility index (Phi) is 7.67. The summed E-state index contributed by atoms with van der Waals surface area (Å²) in [7, 11) is 3.17. The van der Waals surface area contributed by atoms with E-state index in [-0.39, 0.29) is 5.91 Å². The second-order valence-corrected chi connectivity index (χ2v) is 7.01. The first kappa shape index (κ1) is 20.9. The third-order valence-corrected chi connectivity index (χ3v) is 4.97. The third kappa shape index (κ3) is 6.34. The number of methoxy groups -OCH3 is 2. The van der Waals surface area contributed by atoms with Crippen molar-refractivity contribution in [3.05, 3.63) is 60.2 Å². The summed E-state index contributed by atoms with van der Waals surface area (Å²) in [4.78, 5) is 17.0. The number of anilines is 1. The van der Waals surface area contributed by atoms with Crippen molar-refractivity contribution < 1.29 is 14.3 Å². The Labute approximate surface area is 172 Å². The smallest absolute Gasteiger partial charge is 0.238 e. The molecule has 29 heavy (non-hydrogen) atoms. The van der Waals surface area contributed by atoms with Crippen molar-refractivity contribution in [2.75, 3.05) is 58.8 Å². The van der Waals surface area contributed by atoms with Crippen LogP contribution in [0.5, 0.6) is 11.5 Å². The molecule has 6 heteroatoms. The van der Waals surface area contributed by atoms with Crippen molar-refractivity contribution in [3.8, 4) is 11.5 Å². The zero-order valence-corrected chi connectivity index (χ0v) is 17.1. The molecule has 1 saturated heterocycles. The van der Waals surface area contributed by atoms with Crippen molar-refractivity contribution in [3.63, 3.8) is 0 Å². The van der Waals surface area contributed by atoms with Crippen LogP contribution in [0.1, 0.15) is 5.56 Å². The molecular weight excluding hydrogens is 366 g/mol. The first-order valence-electron chi connectivity index (χ1n) is 9.86. The highest BCUT2D eigenvalue weighted by atomic mass is 16.5. The molecule has 0 atom stereocenters. The summed E-state index contributed by atoms with van der Waals surface area (Å²) in [5.74, 6) is 1.22. The Morgan fingerprint density at radius 2 is 1.66 bits per heavy atom. The lowest BCUT2D eigenvalue weighted by atomic mass is 10.2. The highest BCUT2D eigenvalue weighted by Crippen LogP contribution is 2.29. The minimum absolute atomic E-state index is 0.0188. The molecule has 1 fully saturated rings. The lowest BCUT2D eigenvalue weighted by Crippen LogP contribution is -2.48. The standard InChI is InChI=1S/C23H29N3O3/c1-28-21-11-10-20(17-22(21)29-2)24-23(27)18-26-15-13-25(14-16-26)12-6-9-19-7-4-3-5-8-19/h3-11,17H,12-16,18H2,1-2H3,(H,24,27)/b9-6+. The number of nitrogens with zero attached hydrogens (tertiary/aromatic N) is 2. The van der Waals surface area contributed by atoms with Gasteiger partial charge in [-0.1, -0.05) is 42.5 Å². The normalized spacial score (nSPS) is 15.4. The molecule has 1 aliphatic heterocycles. The zero-order valence-electron chi connectivity index (χ0n) is 17.1. The highest BCUT2D eigenvalue weighted by molar-refractivity contribution is 5.92. The molecule has 1 amide bonds. The summed E-state index contributed by atoms with van der Waals surface area (Å²) in [6.07, 6.45) is 4.36. The van der Waals surface area contributed by atoms with Crippen LogP contribution in [-0.4, -0.2) is 69.2 Å². The van der Waals surface area contributed by atoms with Crippen LogP contribution in [0.2, 0.25) is 0 Å². The first-order chi connectivity index (χ1) is 14.2. The van der Waals surface area contributed by atoms with E-state index in [1.807, 2.05) is 24.3 Å². The van der Waals surface area contributed by atoms with Crippen molar-refractivity contribution in [1.82, 2.24) is 9.80 Å². The number of benzene rings is 2. The molecule has 0 unspecified atom stereocenters. The predicted octanol–water partition coefficient (Wildman–Crippen LogP) is 2.97. The van der Waals surface area contributed by atoms with Gasteiger partial charge in [-0.05, 0) is 17.7 Å². The van der Waals surface area contributed by atoms with Gasteiger partial charge in [0, 0.05) is 44.5 Å². The number of ether oxygens (including phenoxy) is 2. The maximum atomic E-state index is 12.4. The van der Waals surface area contributed by atoms with Crippen molar-refractivity contribution in [1.29, 1.82) is 0 Å². The van der Waals surface area contributed by atoms with E-state index in [1.165, 1.54) is 5.56 Å². The fraction of sp³-hybridized carbons (Fsp3) is 0.348. The molecular formula is C23H29N3O3. The molecule has 154 valence electrons. The summed E-state index contributed by atoms with van der Waals surface area (Å²) in [6.45, 7) is 5.02. The summed E-state index contributed by atoms with van der Waals surface area (Å²) >= 11 is 0. The maximum Gasteiger partial charge on any atom is 0.238 e. The number of hydrogen-bond acceptors (Lipinski definition) is 5. The molecule has 0 spiro atoms. The van der Waals surface area contributed by atoms with Crippen LogP contribution < -0.4 is 14.8 Å². The Morgan fingerprint density at radius 3 is 2.34 bits per heavy atom. The third-order valence-electron chi connectivity index (χ3n) is 4.97. The second-order valence-electron chi connectivity index (χ2n) is 7.01. The Morgan fingerprint density at radius 1 is 0.966 bits per heavy atom.